The van der Waals surface area contributed by atoms with Crippen molar-refractivity contribution in [2.24, 2.45) is 11.0 Å². The summed E-state index contributed by atoms with van der Waals surface area (Å²) in [6.45, 7) is 0. The Labute approximate surface area is 74.8 Å². The van der Waals surface area contributed by atoms with E-state index >= 15 is 0 Å². The first-order valence-electron chi connectivity index (χ1n) is 3.66. The van der Waals surface area contributed by atoms with Gasteiger partial charge in [-0.2, -0.15) is 5.10 Å². The van der Waals surface area contributed by atoms with Crippen LogP contribution in [0, 0.1) is 5.92 Å². The summed E-state index contributed by atoms with van der Waals surface area (Å²) in [5.41, 5.74) is 3.41. The summed E-state index contributed by atoms with van der Waals surface area (Å²) in [6, 6.07) is 0.104. The second kappa shape index (κ2) is 2.75. The van der Waals surface area contributed by atoms with Crippen molar-refractivity contribution in [2.75, 3.05) is 0 Å². The molecular weight excluding hydrogens is 176 g/mol. The summed E-state index contributed by atoms with van der Waals surface area (Å²) in [5, 5.41) is 3.48. The number of hydrogen-bond donors (Lipinski definition) is 1. The number of fused-ring (bicyclic) bond motifs is 1. The number of halogens is 1. The molecule has 0 saturated carbocycles. The second-order valence-corrected chi connectivity index (χ2v) is 3.11. The molecule has 0 bridgehead atoms. The first-order chi connectivity index (χ1) is 5.77. The van der Waals surface area contributed by atoms with Crippen molar-refractivity contribution in [3.8, 4) is 0 Å². The molecular formula is C8H7ClN2O. The van der Waals surface area contributed by atoms with E-state index in [2.05, 4.69) is 10.5 Å². The van der Waals surface area contributed by atoms with E-state index < -0.39 is 5.24 Å². The fraction of sp³-hybridized carbons (Fsp3) is 0.250. The fourth-order valence-electron chi connectivity index (χ4n) is 1.31. The van der Waals surface area contributed by atoms with Gasteiger partial charge in [0.05, 0.1) is 6.04 Å². The van der Waals surface area contributed by atoms with Crippen molar-refractivity contribution in [1.82, 2.24) is 5.43 Å². The Kier molecular flexibility index (Phi) is 1.73. The summed E-state index contributed by atoms with van der Waals surface area (Å²) in [4.78, 5) is 10.8. The van der Waals surface area contributed by atoms with Crippen LogP contribution in [-0.4, -0.2) is 17.5 Å². The lowest BCUT2D eigenvalue weighted by molar-refractivity contribution is -0.108. The molecule has 0 radical (unpaired) electrons. The highest BCUT2D eigenvalue weighted by Gasteiger charge is 2.23. The van der Waals surface area contributed by atoms with Gasteiger partial charge in [-0.15, -0.1) is 0 Å². The smallest absolute Gasteiger partial charge is 0.252 e. The van der Waals surface area contributed by atoms with Crippen molar-refractivity contribution < 1.29 is 4.79 Å². The van der Waals surface area contributed by atoms with Gasteiger partial charge >= 0.3 is 0 Å². The minimum absolute atomic E-state index is 0.104. The SMILES string of the molecule is O=C(Cl)C1=CC2NN=CC2C=C1. The molecule has 2 unspecified atom stereocenters. The maximum Gasteiger partial charge on any atom is 0.252 e. The predicted molar refractivity (Wildman–Crippen MR) is 47.0 cm³/mol. The van der Waals surface area contributed by atoms with Crippen LogP contribution in [0.1, 0.15) is 0 Å². The lowest BCUT2D eigenvalue weighted by Crippen LogP contribution is -2.26. The third kappa shape index (κ3) is 1.16. The van der Waals surface area contributed by atoms with E-state index in [-0.39, 0.29) is 12.0 Å². The Morgan fingerprint density at radius 2 is 2.50 bits per heavy atom. The third-order valence-electron chi connectivity index (χ3n) is 1.97. The largest absolute Gasteiger partial charge is 0.302 e. The van der Waals surface area contributed by atoms with Crippen molar-refractivity contribution in [3.05, 3.63) is 23.8 Å². The number of nitrogens with one attached hydrogen (secondary N) is 1. The number of carbonyl (C=O) groups is 1. The predicted octanol–water partition coefficient (Wildman–Crippen LogP) is 0.822. The van der Waals surface area contributed by atoms with E-state index in [9.17, 15) is 4.79 Å². The third-order valence-corrected chi connectivity index (χ3v) is 2.19. The lowest BCUT2D eigenvalue weighted by Gasteiger charge is -2.15. The van der Waals surface area contributed by atoms with Gasteiger partial charge in [0.2, 0.25) is 0 Å². The number of hydrazone groups is 1. The Balaban J connectivity index is 2.23. The van der Waals surface area contributed by atoms with Crippen LogP contribution in [-0.2, 0) is 4.79 Å². The monoisotopic (exact) mass is 182 g/mol. The standard InChI is InChI=1S/C8H7ClN2O/c9-8(12)5-1-2-6-4-10-11-7(6)3-5/h1-4,6-7,11H. The van der Waals surface area contributed by atoms with Gasteiger partial charge in [-0.05, 0) is 17.7 Å². The Bertz CT molecular complexity index is 306. The van der Waals surface area contributed by atoms with Gasteiger partial charge < -0.3 is 5.43 Å². The summed E-state index contributed by atoms with van der Waals surface area (Å²) in [7, 11) is 0. The molecule has 12 heavy (non-hydrogen) atoms. The maximum atomic E-state index is 10.8. The van der Waals surface area contributed by atoms with Crippen LogP contribution < -0.4 is 5.43 Å². The number of allylic oxidation sites excluding steroid dienone is 2. The summed E-state index contributed by atoms with van der Waals surface area (Å²) >= 11 is 5.32. The number of rotatable bonds is 1. The van der Waals surface area contributed by atoms with Crippen LogP contribution in [0.25, 0.3) is 0 Å². The van der Waals surface area contributed by atoms with Crippen LogP contribution in [0.15, 0.2) is 28.9 Å². The van der Waals surface area contributed by atoms with Gasteiger partial charge in [-0.3, -0.25) is 4.79 Å². The Hall–Kier alpha value is -1.09. The van der Waals surface area contributed by atoms with E-state index in [4.69, 9.17) is 11.6 Å². The summed E-state index contributed by atoms with van der Waals surface area (Å²) in [6.07, 6.45) is 7.26. The average molecular weight is 183 g/mol. The van der Waals surface area contributed by atoms with Crippen LogP contribution in [0.3, 0.4) is 0 Å². The number of carbonyl (C=O) groups excluding carboxylic acids is 1. The highest BCUT2D eigenvalue weighted by molar-refractivity contribution is 6.68. The van der Waals surface area contributed by atoms with Crippen LogP contribution in [0.2, 0.25) is 0 Å². The quantitative estimate of drug-likeness (QED) is 0.611. The molecule has 2 atom stereocenters. The van der Waals surface area contributed by atoms with E-state index in [1.54, 1.807) is 12.2 Å². The number of nitrogens with zero attached hydrogens (tertiary/aromatic N) is 1. The van der Waals surface area contributed by atoms with Crippen LogP contribution in [0.4, 0.5) is 0 Å². The molecule has 0 aromatic heterocycles. The molecule has 0 aromatic carbocycles. The normalized spacial score (nSPS) is 30.9. The van der Waals surface area contributed by atoms with Gasteiger partial charge in [0.15, 0.2) is 0 Å². The van der Waals surface area contributed by atoms with Crippen LogP contribution in [0.5, 0.6) is 0 Å². The fourth-order valence-corrected chi connectivity index (χ4v) is 1.43. The number of hydrogen-bond acceptors (Lipinski definition) is 3. The van der Waals surface area contributed by atoms with Crippen molar-refractivity contribution >= 4 is 23.1 Å². The molecule has 3 nitrogen and oxygen atoms in total. The molecule has 62 valence electrons. The van der Waals surface area contributed by atoms with Gasteiger partial charge in [0.1, 0.15) is 0 Å². The topological polar surface area (TPSA) is 41.5 Å². The van der Waals surface area contributed by atoms with Gasteiger partial charge in [-0.1, -0.05) is 12.2 Å². The van der Waals surface area contributed by atoms with Gasteiger partial charge in [-0.25, -0.2) is 0 Å². The molecule has 1 N–H and O–H groups in total. The first-order valence-corrected chi connectivity index (χ1v) is 4.04. The molecule has 1 aliphatic heterocycles. The van der Waals surface area contributed by atoms with E-state index in [1.807, 2.05) is 12.3 Å². The molecule has 0 amide bonds. The van der Waals surface area contributed by atoms with Gasteiger partial charge in [0, 0.05) is 17.7 Å². The first kappa shape index (κ1) is 7.55. The second-order valence-electron chi connectivity index (χ2n) is 2.77. The molecule has 2 aliphatic rings. The van der Waals surface area contributed by atoms with Gasteiger partial charge in [0.25, 0.3) is 5.24 Å². The zero-order valence-corrected chi connectivity index (χ0v) is 6.95. The molecule has 1 heterocycles. The zero-order valence-electron chi connectivity index (χ0n) is 6.20. The average Bonchev–Trinajstić information content (AvgIpc) is 2.49. The Morgan fingerprint density at radius 3 is 3.25 bits per heavy atom. The molecule has 0 saturated heterocycles. The molecule has 0 fully saturated rings. The van der Waals surface area contributed by atoms with Crippen molar-refractivity contribution in [2.45, 2.75) is 6.04 Å². The molecule has 0 aromatic rings. The maximum absolute atomic E-state index is 10.8. The summed E-state index contributed by atoms with van der Waals surface area (Å²) in [5.74, 6) is 0.268. The van der Waals surface area contributed by atoms with E-state index in [0.717, 1.165) is 0 Å². The molecule has 1 aliphatic carbocycles. The van der Waals surface area contributed by atoms with Crippen molar-refractivity contribution in [1.29, 1.82) is 0 Å². The minimum Gasteiger partial charge on any atom is -0.302 e. The highest BCUT2D eigenvalue weighted by Crippen LogP contribution is 2.19. The van der Waals surface area contributed by atoms with Crippen molar-refractivity contribution in [3.63, 3.8) is 0 Å². The minimum atomic E-state index is -0.418. The van der Waals surface area contributed by atoms with Crippen LogP contribution >= 0.6 is 11.6 Å². The Morgan fingerprint density at radius 1 is 1.67 bits per heavy atom. The molecule has 2 rings (SSSR count). The molecule has 0 spiro atoms. The van der Waals surface area contributed by atoms with E-state index in [0.29, 0.717) is 5.57 Å². The summed E-state index contributed by atoms with van der Waals surface area (Å²) < 4.78 is 0. The highest BCUT2D eigenvalue weighted by atomic mass is 35.5. The van der Waals surface area contributed by atoms with E-state index in [1.165, 1.54) is 0 Å². The zero-order chi connectivity index (χ0) is 8.55. The lowest BCUT2D eigenvalue weighted by atomic mass is 9.94. The molecule has 4 heteroatoms.